The highest BCUT2D eigenvalue weighted by atomic mass is 16.1. The minimum Gasteiger partial charge on any atom is -0.398 e. The summed E-state index contributed by atoms with van der Waals surface area (Å²) in [6, 6.07) is 21.7. The van der Waals surface area contributed by atoms with Gasteiger partial charge in [-0.05, 0) is 29.7 Å². The first-order valence-corrected chi connectivity index (χ1v) is 7.21. The average Bonchev–Trinajstić information content (AvgIpc) is 2.57. The lowest BCUT2D eigenvalue weighted by Gasteiger charge is -2.16. The van der Waals surface area contributed by atoms with Crippen molar-refractivity contribution in [3.63, 3.8) is 0 Å². The van der Waals surface area contributed by atoms with E-state index in [-0.39, 0.29) is 0 Å². The molecule has 3 aromatic carbocycles. The van der Waals surface area contributed by atoms with Gasteiger partial charge in [0, 0.05) is 22.4 Å². The molecule has 0 aliphatic rings. The van der Waals surface area contributed by atoms with Gasteiger partial charge in [0.1, 0.15) is 6.29 Å². The van der Waals surface area contributed by atoms with Crippen LogP contribution in [0.15, 0.2) is 66.7 Å². The number of carbonyl (C=O) groups is 1. The van der Waals surface area contributed by atoms with Gasteiger partial charge < -0.3 is 5.73 Å². The highest BCUT2D eigenvalue weighted by Gasteiger charge is 2.15. The molecule has 3 rings (SSSR count). The summed E-state index contributed by atoms with van der Waals surface area (Å²) in [6.07, 6.45) is 0.896. The molecule has 3 aromatic rings. The summed E-state index contributed by atoms with van der Waals surface area (Å²) in [4.78, 5) is 11.5. The van der Waals surface area contributed by atoms with E-state index in [1.807, 2.05) is 73.7 Å². The first-order chi connectivity index (χ1) is 10.7. The van der Waals surface area contributed by atoms with Gasteiger partial charge in [-0.15, -0.1) is 0 Å². The van der Waals surface area contributed by atoms with Gasteiger partial charge in [-0.3, -0.25) is 4.79 Å². The normalized spacial score (nSPS) is 10.4. The van der Waals surface area contributed by atoms with Crippen LogP contribution in [0.1, 0.15) is 15.9 Å². The van der Waals surface area contributed by atoms with Crippen molar-refractivity contribution < 1.29 is 4.79 Å². The molecule has 2 nitrogen and oxygen atoms in total. The largest absolute Gasteiger partial charge is 0.398 e. The van der Waals surface area contributed by atoms with E-state index in [0.29, 0.717) is 11.3 Å². The molecule has 0 amide bonds. The summed E-state index contributed by atoms with van der Waals surface area (Å²) in [7, 11) is 0. The summed E-state index contributed by atoms with van der Waals surface area (Å²) in [6.45, 7) is 1.94. The molecule has 0 aliphatic carbocycles. The van der Waals surface area contributed by atoms with Gasteiger partial charge in [-0.2, -0.15) is 0 Å². The fourth-order valence-electron chi connectivity index (χ4n) is 2.78. The number of hydrogen-bond acceptors (Lipinski definition) is 2. The number of aldehydes is 1. The Hall–Kier alpha value is -2.87. The first kappa shape index (κ1) is 14.1. The Labute approximate surface area is 130 Å². The van der Waals surface area contributed by atoms with Crippen molar-refractivity contribution in [1.29, 1.82) is 0 Å². The van der Waals surface area contributed by atoms with Crippen LogP contribution in [0.4, 0.5) is 5.69 Å². The zero-order valence-corrected chi connectivity index (χ0v) is 12.4. The Morgan fingerprint density at radius 2 is 1.41 bits per heavy atom. The van der Waals surface area contributed by atoms with Crippen LogP contribution in [0, 0.1) is 6.92 Å². The molecule has 0 spiro atoms. The second kappa shape index (κ2) is 5.86. The fraction of sp³-hybridized carbons (Fsp3) is 0.0500. The van der Waals surface area contributed by atoms with Crippen molar-refractivity contribution in [3.8, 4) is 22.3 Å². The fourth-order valence-corrected chi connectivity index (χ4v) is 2.78. The molecule has 0 fully saturated rings. The van der Waals surface area contributed by atoms with Crippen molar-refractivity contribution in [2.75, 3.05) is 5.73 Å². The molecule has 0 atom stereocenters. The van der Waals surface area contributed by atoms with E-state index in [1.165, 1.54) is 0 Å². The van der Waals surface area contributed by atoms with Crippen molar-refractivity contribution >= 4 is 12.0 Å². The number of nitrogens with two attached hydrogens (primary N) is 1. The molecule has 0 saturated heterocycles. The van der Waals surface area contributed by atoms with Crippen LogP contribution < -0.4 is 5.73 Å². The number of anilines is 1. The van der Waals surface area contributed by atoms with Gasteiger partial charge in [0.2, 0.25) is 0 Å². The molecule has 0 unspecified atom stereocenters. The zero-order valence-electron chi connectivity index (χ0n) is 12.4. The van der Waals surface area contributed by atoms with Gasteiger partial charge in [0.15, 0.2) is 0 Å². The van der Waals surface area contributed by atoms with Crippen LogP contribution in [0.2, 0.25) is 0 Å². The van der Waals surface area contributed by atoms with Crippen molar-refractivity contribution in [2.45, 2.75) is 6.92 Å². The van der Waals surface area contributed by atoms with Crippen LogP contribution in [-0.2, 0) is 0 Å². The van der Waals surface area contributed by atoms with Gasteiger partial charge >= 0.3 is 0 Å². The predicted molar refractivity (Wildman–Crippen MR) is 91.9 cm³/mol. The van der Waals surface area contributed by atoms with Gasteiger partial charge in [0.05, 0.1) is 0 Å². The van der Waals surface area contributed by atoms with Crippen LogP contribution in [0.5, 0.6) is 0 Å². The van der Waals surface area contributed by atoms with Crippen molar-refractivity contribution in [1.82, 2.24) is 0 Å². The van der Waals surface area contributed by atoms with E-state index >= 15 is 0 Å². The second-order valence-electron chi connectivity index (χ2n) is 5.28. The highest BCUT2D eigenvalue weighted by Crippen LogP contribution is 2.38. The lowest BCUT2D eigenvalue weighted by Crippen LogP contribution is -2.00. The number of rotatable bonds is 3. The number of nitrogen functional groups attached to an aromatic ring is 1. The van der Waals surface area contributed by atoms with Crippen molar-refractivity contribution in [2.24, 2.45) is 0 Å². The quantitative estimate of drug-likeness (QED) is 0.559. The molecule has 22 heavy (non-hydrogen) atoms. The summed E-state index contributed by atoms with van der Waals surface area (Å²) in [5.41, 5.74) is 12.6. The van der Waals surface area contributed by atoms with E-state index in [2.05, 4.69) is 0 Å². The van der Waals surface area contributed by atoms with E-state index in [1.54, 1.807) is 0 Å². The Kier molecular flexibility index (Phi) is 3.75. The third-order valence-corrected chi connectivity index (χ3v) is 3.94. The zero-order chi connectivity index (χ0) is 15.5. The molecular formula is C20H17NO. The third kappa shape index (κ3) is 2.40. The molecule has 108 valence electrons. The van der Waals surface area contributed by atoms with Crippen LogP contribution >= 0.6 is 0 Å². The molecule has 0 heterocycles. The maximum Gasteiger partial charge on any atom is 0.150 e. The SMILES string of the molecule is Cc1c(C=O)cc(-c2ccccc2)c(N)c1-c1ccccc1. The van der Waals surface area contributed by atoms with E-state index in [4.69, 9.17) is 5.73 Å². The number of hydrogen-bond donors (Lipinski definition) is 1. The summed E-state index contributed by atoms with van der Waals surface area (Å²) < 4.78 is 0. The second-order valence-corrected chi connectivity index (χ2v) is 5.28. The average molecular weight is 287 g/mol. The van der Waals surface area contributed by atoms with E-state index < -0.39 is 0 Å². The molecule has 0 saturated carbocycles. The molecule has 2 N–H and O–H groups in total. The standard InChI is InChI=1S/C20H17NO/c1-14-17(13-22)12-18(15-8-4-2-5-9-15)20(21)19(14)16-10-6-3-7-11-16/h2-13H,21H2,1H3. The summed E-state index contributed by atoms with van der Waals surface area (Å²) in [5, 5.41) is 0. The number of benzene rings is 3. The molecular weight excluding hydrogens is 270 g/mol. The molecule has 2 heteroatoms. The lowest BCUT2D eigenvalue weighted by atomic mass is 9.89. The summed E-state index contributed by atoms with van der Waals surface area (Å²) in [5.74, 6) is 0. The van der Waals surface area contributed by atoms with Crippen molar-refractivity contribution in [3.05, 3.63) is 77.9 Å². The van der Waals surface area contributed by atoms with Gasteiger partial charge in [0.25, 0.3) is 0 Å². The van der Waals surface area contributed by atoms with Crippen LogP contribution in [-0.4, -0.2) is 6.29 Å². The van der Waals surface area contributed by atoms with E-state index in [0.717, 1.165) is 34.1 Å². The Bertz CT molecular complexity index is 808. The van der Waals surface area contributed by atoms with Gasteiger partial charge in [-0.25, -0.2) is 0 Å². The minimum atomic E-state index is 0.673. The monoisotopic (exact) mass is 287 g/mol. The molecule has 0 radical (unpaired) electrons. The first-order valence-electron chi connectivity index (χ1n) is 7.21. The smallest absolute Gasteiger partial charge is 0.150 e. The maximum atomic E-state index is 11.5. The molecule has 0 aromatic heterocycles. The topological polar surface area (TPSA) is 43.1 Å². The lowest BCUT2D eigenvalue weighted by molar-refractivity contribution is 0.112. The van der Waals surface area contributed by atoms with Gasteiger partial charge in [-0.1, -0.05) is 60.7 Å². The predicted octanol–water partition coefficient (Wildman–Crippen LogP) is 4.72. The molecule has 0 aliphatic heterocycles. The Morgan fingerprint density at radius 3 is 1.95 bits per heavy atom. The van der Waals surface area contributed by atoms with Crippen LogP contribution in [0.25, 0.3) is 22.3 Å². The maximum absolute atomic E-state index is 11.5. The number of carbonyl (C=O) groups excluding carboxylic acids is 1. The molecule has 0 bridgehead atoms. The van der Waals surface area contributed by atoms with Crippen LogP contribution in [0.3, 0.4) is 0 Å². The van der Waals surface area contributed by atoms with E-state index in [9.17, 15) is 4.79 Å². The summed E-state index contributed by atoms with van der Waals surface area (Å²) >= 11 is 0. The highest BCUT2D eigenvalue weighted by molar-refractivity contribution is 5.96. The Morgan fingerprint density at radius 1 is 0.864 bits per heavy atom. The minimum absolute atomic E-state index is 0.673. The third-order valence-electron chi connectivity index (χ3n) is 3.94. The Balaban J connectivity index is 2.33.